The van der Waals surface area contributed by atoms with Gasteiger partial charge in [0, 0.05) is 17.7 Å². The van der Waals surface area contributed by atoms with Gasteiger partial charge in [0.05, 0.1) is 29.6 Å². The second kappa shape index (κ2) is 9.57. The standard InChI is InChI=1S/C24H20FN3O2S/c1-30-22-12-5-2-7-16(22)13-21-24(28-20-11-4-3-10-19(20)27-21)31-15-23(29)26-18-9-6-8-17(25)14-18/h2-12,14H,13,15H2,1H3,(H,26,29). The maximum absolute atomic E-state index is 13.4. The van der Waals surface area contributed by atoms with Crippen molar-refractivity contribution in [1.82, 2.24) is 9.97 Å². The van der Waals surface area contributed by atoms with Crippen LogP contribution in [0, 0.1) is 5.82 Å². The Morgan fingerprint density at radius 1 is 1.00 bits per heavy atom. The average Bonchev–Trinajstić information content (AvgIpc) is 2.78. The number of amides is 1. The van der Waals surface area contributed by atoms with E-state index in [1.807, 2.05) is 48.5 Å². The van der Waals surface area contributed by atoms with E-state index < -0.39 is 5.82 Å². The van der Waals surface area contributed by atoms with Crippen molar-refractivity contribution in [3.8, 4) is 5.75 Å². The van der Waals surface area contributed by atoms with Crippen molar-refractivity contribution in [3.63, 3.8) is 0 Å². The highest BCUT2D eigenvalue weighted by Crippen LogP contribution is 2.27. The van der Waals surface area contributed by atoms with Crippen LogP contribution in [0.2, 0.25) is 0 Å². The molecule has 4 aromatic rings. The third-order valence-corrected chi connectivity index (χ3v) is 5.61. The number of benzene rings is 3. The molecular weight excluding hydrogens is 413 g/mol. The number of methoxy groups -OCH3 is 1. The average molecular weight is 434 g/mol. The van der Waals surface area contributed by atoms with E-state index >= 15 is 0 Å². The Bertz CT molecular complexity index is 1230. The molecule has 0 fully saturated rings. The lowest BCUT2D eigenvalue weighted by Gasteiger charge is -2.12. The van der Waals surface area contributed by atoms with Crippen LogP contribution in [0.25, 0.3) is 11.0 Å². The molecule has 1 amide bonds. The van der Waals surface area contributed by atoms with Gasteiger partial charge in [0.15, 0.2) is 0 Å². The van der Waals surface area contributed by atoms with Crippen LogP contribution >= 0.6 is 11.8 Å². The molecule has 0 bridgehead atoms. The molecule has 0 spiro atoms. The Balaban J connectivity index is 1.58. The number of nitrogens with zero attached hydrogens (tertiary/aromatic N) is 2. The van der Waals surface area contributed by atoms with Gasteiger partial charge in [0.2, 0.25) is 5.91 Å². The maximum Gasteiger partial charge on any atom is 0.234 e. The highest BCUT2D eigenvalue weighted by Gasteiger charge is 2.14. The first-order valence-electron chi connectivity index (χ1n) is 9.68. The number of thioether (sulfide) groups is 1. The number of ether oxygens (including phenoxy) is 1. The molecule has 0 radical (unpaired) electrons. The summed E-state index contributed by atoms with van der Waals surface area (Å²) in [6, 6.07) is 21.2. The molecule has 0 unspecified atom stereocenters. The Morgan fingerprint density at radius 2 is 1.74 bits per heavy atom. The third kappa shape index (κ3) is 5.19. The Hall–Kier alpha value is -3.45. The van der Waals surface area contributed by atoms with Gasteiger partial charge in [-0.05, 0) is 36.4 Å². The lowest BCUT2D eigenvalue weighted by atomic mass is 10.1. The van der Waals surface area contributed by atoms with Crippen LogP contribution in [0.1, 0.15) is 11.3 Å². The lowest BCUT2D eigenvalue weighted by Crippen LogP contribution is -2.14. The quantitative estimate of drug-likeness (QED) is 0.411. The number of hydrogen-bond donors (Lipinski definition) is 1. The Labute approximate surface area is 183 Å². The zero-order valence-corrected chi connectivity index (χ0v) is 17.7. The van der Waals surface area contributed by atoms with E-state index in [2.05, 4.69) is 5.32 Å². The predicted molar refractivity (Wildman–Crippen MR) is 121 cm³/mol. The summed E-state index contributed by atoms with van der Waals surface area (Å²) >= 11 is 1.31. The van der Waals surface area contributed by atoms with Gasteiger partial charge in [-0.2, -0.15) is 0 Å². The van der Waals surface area contributed by atoms with Crippen molar-refractivity contribution >= 4 is 34.4 Å². The summed E-state index contributed by atoms with van der Waals surface area (Å²) in [7, 11) is 1.64. The molecule has 7 heteroatoms. The van der Waals surface area contributed by atoms with Crippen LogP contribution in [-0.4, -0.2) is 28.7 Å². The normalized spacial score (nSPS) is 10.8. The summed E-state index contributed by atoms with van der Waals surface area (Å²) in [5.41, 5.74) is 3.73. The van der Waals surface area contributed by atoms with Gasteiger partial charge in [-0.3, -0.25) is 4.79 Å². The van der Waals surface area contributed by atoms with Crippen molar-refractivity contribution in [1.29, 1.82) is 0 Å². The summed E-state index contributed by atoms with van der Waals surface area (Å²) < 4.78 is 18.8. The monoisotopic (exact) mass is 433 g/mol. The number of para-hydroxylation sites is 3. The van der Waals surface area contributed by atoms with E-state index in [-0.39, 0.29) is 11.7 Å². The highest BCUT2D eigenvalue weighted by molar-refractivity contribution is 8.00. The number of aromatic nitrogens is 2. The minimum Gasteiger partial charge on any atom is -0.496 e. The van der Waals surface area contributed by atoms with Crippen LogP contribution < -0.4 is 10.1 Å². The van der Waals surface area contributed by atoms with Crippen LogP contribution in [-0.2, 0) is 11.2 Å². The fraction of sp³-hybridized carbons (Fsp3) is 0.125. The third-order valence-electron chi connectivity index (χ3n) is 4.60. The Morgan fingerprint density at radius 3 is 2.52 bits per heavy atom. The molecule has 3 aromatic carbocycles. The number of hydrogen-bond acceptors (Lipinski definition) is 5. The molecule has 156 valence electrons. The van der Waals surface area contributed by atoms with Gasteiger partial charge in [-0.25, -0.2) is 14.4 Å². The van der Waals surface area contributed by atoms with Gasteiger partial charge in [0.1, 0.15) is 16.6 Å². The van der Waals surface area contributed by atoms with Gasteiger partial charge in [-0.1, -0.05) is 48.2 Å². The first-order valence-corrected chi connectivity index (χ1v) is 10.7. The van der Waals surface area contributed by atoms with Crippen molar-refractivity contribution in [2.75, 3.05) is 18.2 Å². The predicted octanol–water partition coefficient (Wildman–Crippen LogP) is 5.10. The fourth-order valence-electron chi connectivity index (χ4n) is 3.18. The SMILES string of the molecule is COc1ccccc1Cc1nc2ccccc2nc1SCC(=O)Nc1cccc(F)c1. The molecule has 0 aliphatic rings. The number of rotatable bonds is 7. The highest BCUT2D eigenvalue weighted by atomic mass is 32.2. The minimum atomic E-state index is -0.398. The van der Waals surface area contributed by atoms with Crippen LogP contribution in [0.3, 0.4) is 0 Å². The topological polar surface area (TPSA) is 64.1 Å². The second-order valence-electron chi connectivity index (χ2n) is 6.80. The van der Waals surface area contributed by atoms with E-state index in [1.165, 1.54) is 23.9 Å². The van der Waals surface area contributed by atoms with Crippen molar-refractivity contribution in [2.45, 2.75) is 11.4 Å². The number of nitrogens with one attached hydrogen (secondary N) is 1. The van der Waals surface area contributed by atoms with Gasteiger partial charge in [0.25, 0.3) is 0 Å². The molecule has 4 rings (SSSR count). The minimum absolute atomic E-state index is 0.127. The number of carbonyl (C=O) groups is 1. The smallest absolute Gasteiger partial charge is 0.234 e. The second-order valence-corrected chi connectivity index (χ2v) is 7.76. The summed E-state index contributed by atoms with van der Waals surface area (Å²) in [6.07, 6.45) is 0.524. The fourth-order valence-corrected chi connectivity index (χ4v) is 3.97. The molecule has 0 saturated heterocycles. The summed E-state index contributed by atoms with van der Waals surface area (Å²) in [5, 5.41) is 3.39. The molecule has 1 heterocycles. The molecule has 1 N–H and O–H groups in total. The molecule has 0 saturated carbocycles. The first-order chi connectivity index (χ1) is 15.1. The Kier molecular flexibility index (Phi) is 6.43. The molecule has 0 atom stereocenters. The zero-order chi connectivity index (χ0) is 21.6. The molecule has 5 nitrogen and oxygen atoms in total. The lowest BCUT2D eigenvalue weighted by molar-refractivity contribution is -0.113. The summed E-state index contributed by atoms with van der Waals surface area (Å²) in [4.78, 5) is 21.9. The number of halogens is 1. The van der Waals surface area contributed by atoms with Gasteiger partial charge < -0.3 is 10.1 Å². The van der Waals surface area contributed by atoms with E-state index in [0.29, 0.717) is 17.1 Å². The molecule has 0 aliphatic heterocycles. The van der Waals surface area contributed by atoms with Crippen molar-refractivity contribution in [3.05, 3.63) is 89.9 Å². The van der Waals surface area contributed by atoms with Crippen molar-refractivity contribution < 1.29 is 13.9 Å². The van der Waals surface area contributed by atoms with E-state index in [1.54, 1.807) is 19.2 Å². The van der Waals surface area contributed by atoms with Gasteiger partial charge in [-0.15, -0.1) is 0 Å². The summed E-state index contributed by atoms with van der Waals surface area (Å²) in [5.74, 6) is 0.263. The van der Waals surface area contributed by atoms with Crippen LogP contribution in [0.4, 0.5) is 10.1 Å². The number of carbonyl (C=O) groups excluding carboxylic acids is 1. The largest absolute Gasteiger partial charge is 0.496 e. The molecular formula is C24H20FN3O2S. The first kappa shape index (κ1) is 20.8. The van der Waals surface area contributed by atoms with Crippen LogP contribution in [0.5, 0.6) is 5.75 Å². The van der Waals surface area contributed by atoms with E-state index in [4.69, 9.17) is 14.7 Å². The van der Waals surface area contributed by atoms with Crippen LogP contribution in [0.15, 0.2) is 77.8 Å². The van der Waals surface area contributed by atoms with E-state index in [0.717, 1.165) is 28.0 Å². The number of anilines is 1. The van der Waals surface area contributed by atoms with Gasteiger partial charge >= 0.3 is 0 Å². The molecule has 1 aromatic heterocycles. The molecule has 0 aliphatic carbocycles. The zero-order valence-electron chi connectivity index (χ0n) is 16.8. The number of fused-ring (bicyclic) bond motifs is 1. The van der Waals surface area contributed by atoms with Crippen molar-refractivity contribution in [2.24, 2.45) is 0 Å². The molecule has 31 heavy (non-hydrogen) atoms. The maximum atomic E-state index is 13.4. The summed E-state index contributed by atoms with van der Waals surface area (Å²) in [6.45, 7) is 0. The van der Waals surface area contributed by atoms with E-state index in [9.17, 15) is 9.18 Å².